The van der Waals surface area contributed by atoms with Crippen LogP contribution >= 0.6 is 11.3 Å². The Labute approximate surface area is 106 Å². The molecular weight excluding hydrogens is 258 g/mol. The van der Waals surface area contributed by atoms with Gasteiger partial charge in [0.1, 0.15) is 9.84 Å². The minimum Gasteiger partial charge on any atom is -0.387 e. The van der Waals surface area contributed by atoms with E-state index in [1.807, 2.05) is 5.38 Å². The molecule has 1 aromatic heterocycles. The van der Waals surface area contributed by atoms with Crippen molar-refractivity contribution in [3.05, 3.63) is 16.1 Å². The third-order valence-corrected chi connectivity index (χ3v) is 5.74. The molecule has 1 atom stereocenters. The molecule has 1 aromatic rings. The zero-order valence-corrected chi connectivity index (χ0v) is 11.4. The zero-order chi connectivity index (χ0) is 12.5. The lowest BCUT2D eigenvalue weighted by atomic mass is 9.99. The highest BCUT2D eigenvalue weighted by Crippen LogP contribution is 2.25. The molecule has 1 aliphatic rings. The van der Waals surface area contributed by atoms with Gasteiger partial charge in [-0.15, -0.1) is 11.3 Å². The van der Waals surface area contributed by atoms with Crippen LogP contribution in [-0.4, -0.2) is 30.0 Å². The lowest BCUT2D eigenvalue weighted by Gasteiger charge is -2.20. The molecule has 0 aromatic carbocycles. The van der Waals surface area contributed by atoms with Crippen LogP contribution in [0.3, 0.4) is 0 Å². The van der Waals surface area contributed by atoms with Crippen molar-refractivity contribution < 1.29 is 13.5 Å². The summed E-state index contributed by atoms with van der Waals surface area (Å²) in [5, 5.41) is 12.3. The Morgan fingerprint density at radius 3 is 2.71 bits per heavy atom. The van der Waals surface area contributed by atoms with E-state index in [0.29, 0.717) is 23.1 Å². The van der Waals surface area contributed by atoms with Crippen LogP contribution in [0.1, 0.15) is 36.6 Å². The standard InChI is InChI=1S/C11H17NO3S2/c1-8(13)10-7-16-11(12-10)6-9-2-4-17(14,15)5-3-9/h7-9,13H,2-6H2,1H3. The van der Waals surface area contributed by atoms with Gasteiger partial charge in [0.2, 0.25) is 0 Å². The van der Waals surface area contributed by atoms with Gasteiger partial charge >= 0.3 is 0 Å². The molecule has 0 aliphatic carbocycles. The molecule has 0 amide bonds. The summed E-state index contributed by atoms with van der Waals surface area (Å²) in [5.41, 5.74) is 0.716. The van der Waals surface area contributed by atoms with Crippen molar-refractivity contribution in [1.82, 2.24) is 4.98 Å². The molecule has 1 aliphatic heterocycles. The highest BCUT2D eigenvalue weighted by Gasteiger charge is 2.24. The fourth-order valence-corrected chi connectivity index (χ4v) is 4.59. The average molecular weight is 275 g/mol. The van der Waals surface area contributed by atoms with Crippen LogP contribution < -0.4 is 0 Å². The second-order valence-corrected chi connectivity index (χ2v) is 7.89. The number of aliphatic hydroxyl groups excluding tert-OH is 1. The predicted molar refractivity (Wildman–Crippen MR) is 67.8 cm³/mol. The van der Waals surface area contributed by atoms with Crippen LogP contribution in [0.5, 0.6) is 0 Å². The van der Waals surface area contributed by atoms with Gasteiger partial charge in [0.05, 0.1) is 28.3 Å². The number of hydrogen-bond acceptors (Lipinski definition) is 5. The summed E-state index contributed by atoms with van der Waals surface area (Å²) in [6, 6.07) is 0. The molecule has 4 nitrogen and oxygen atoms in total. The van der Waals surface area contributed by atoms with E-state index < -0.39 is 15.9 Å². The van der Waals surface area contributed by atoms with Gasteiger partial charge < -0.3 is 5.11 Å². The topological polar surface area (TPSA) is 67.3 Å². The van der Waals surface area contributed by atoms with Crippen LogP contribution in [0.2, 0.25) is 0 Å². The molecule has 0 bridgehead atoms. The van der Waals surface area contributed by atoms with Crippen LogP contribution in [0.25, 0.3) is 0 Å². The van der Waals surface area contributed by atoms with Crippen molar-refractivity contribution in [2.75, 3.05) is 11.5 Å². The highest BCUT2D eigenvalue weighted by molar-refractivity contribution is 7.91. The molecule has 2 rings (SSSR count). The van der Waals surface area contributed by atoms with Gasteiger partial charge in [-0.3, -0.25) is 0 Å². The summed E-state index contributed by atoms with van der Waals surface area (Å²) in [6.45, 7) is 1.70. The van der Waals surface area contributed by atoms with E-state index in [-0.39, 0.29) is 0 Å². The first kappa shape index (κ1) is 13.0. The highest BCUT2D eigenvalue weighted by atomic mass is 32.2. The lowest BCUT2D eigenvalue weighted by molar-refractivity contribution is 0.195. The maximum atomic E-state index is 11.3. The molecular formula is C11H17NO3S2. The van der Waals surface area contributed by atoms with E-state index in [4.69, 9.17) is 0 Å². The maximum absolute atomic E-state index is 11.3. The van der Waals surface area contributed by atoms with Gasteiger partial charge in [0.15, 0.2) is 0 Å². The number of nitrogens with zero attached hydrogens (tertiary/aromatic N) is 1. The van der Waals surface area contributed by atoms with Gasteiger partial charge in [0.25, 0.3) is 0 Å². The third kappa shape index (κ3) is 3.50. The van der Waals surface area contributed by atoms with Gasteiger partial charge in [-0.05, 0) is 25.7 Å². The van der Waals surface area contributed by atoms with E-state index in [1.165, 1.54) is 0 Å². The summed E-state index contributed by atoms with van der Waals surface area (Å²) in [7, 11) is -2.77. The molecule has 0 spiro atoms. The number of aliphatic hydroxyl groups is 1. The normalized spacial score (nSPS) is 22.5. The van der Waals surface area contributed by atoms with Crippen molar-refractivity contribution in [2.24, 2.45) is 5.92 Å². The Morgan fingerprint density at radius 1 is 1.53 bits per heavy atom. The molecule has 0 radical (unpaired) electrons. The van der Waals surface area contributed by atoms with E-state index in [0.717, 1.165) is 24.3 Å². The van der Waals surface area contributed by atoms with E-state index >= 15 is 0 Å². The number of hydrogen-bond donors (Lipinski definition) is 1. The second kappa shape index (κ2) is 5.04. The van der Waals surface area contributed by atoms with E-state index in [2.05, 4.69) is 4.98 Å². The van der Waals surface area contributed by atoms with E-state index in [9.17, 15) is 13.5 Å². The Hall–Kier alpha value is -0.460. The fourth-order valence-electron chi connectivity index (χ4n) is 2.00. The first-order valence-electron chi connectivity index (χ1n) is 5.79. The Morgan fingerprint density at radius 2 is 2.18 bits per heavy atom. The SMILES string of the molecule is CC(O)c1csc(CC2CCS(=O)(=O)CC2)n1. The second-order valence-electron chi connectivity index (χ2n) is 4.64. The van der Waals surface area contributed by atoms with Gasteiger partial charge in [-0.25, -0.2) is 13.4 Å². The fraction of sp³-hybridized carbons (Fsp3) is 0.727. The Kier molecular flexibility index (Phi) is 3.85. The van der Waals surface area contributed by atoms with Crippen molar-refractivity contribution in [3.8, 4) is 0 Å². The minimum absolute atomic E-state index is 0.312. The van der Waals surface area contributed by atoms with Gasteiger partial charge in [-0.2, -0.15) is 0 Å². The molecule has 1 saturated heterocycles. The molecule has 1 N–H and O–H groups in total. The first-order chi connectivity index (χ1) is 7.96. The summed E-state index contributed by atoms with van der Waals surface area (Å²) >= 11 is 1.55. The van der Waals surface area contributed by atoms with Crippen LogP contribution in [0.4, 0.5) is 0 Å². The number of rotatable bonds is 3. The van der Waals surface area contributed by atoms with Crippen LogP contribution in [0, 0.1) is 5.92 Å². The molecule has 1 unspecified atom stereocenters. The van der Waals surface area contributed by atoms with Crippen molar-refractivity contribution >= 4 is 21.2 Å². The number of sulfone groups is 1. The average Bonchev–Trinajstić information content (AvgIpc) is 2.70. The van der Waals surface area contributed by atoms with Gasteiger partial charge in [0, 0.05) is 11.8 Å². The van der Waals surface area contributed by atoms with Crippen molar-refractivity contribution in [2.45, 2.75) is 32.3 Å². The third-order valence-electron chi connectivity index (χ3n) is 3.14. The number of aromatic nitrogens is 1. The van der Waals surface area contributed by atoms with Crippen LogP contribution in [0.15, 0.2) is 5.38 Å². The van der Waals surface area contributed by atoms with Crippen molar-refractivity contribution in [1.29, 1.82) is 0 Å². The summed E-state index contributed by atoms with van der Waals surface area (Å²) < 4.78 is 22.6. The Bertz CT molecular complexity index is 465. The summed E-state index contributed by atoms with van der Waals surface area (Å²) in [4.78, 5) is 4.36. The minimum atomic E-state index is -2.77. The predicted octanol–water partition coefficient (Wildman–Crippen LogP) is 1.56. The van der Waals surface area contributed by atoms with Crippen molar-refractivity contribution in [3.63, 3.8) is 0 Å². The molecule has 2 heterocycles. The van der Waals surface area contributed by atoms with Gasteiger partial charge in [-0.1, -0.05) is 0 Å². The largest absolute Gasteiger partial charge is 0.387 e. The first-order valence-corrected chi connectivity index (χ1v) is 8.49. The van der Waals surface area contributed by atoms with E-state index in [1.54, 1.807) is 18.3 Å². The zero-order valence-electron chi connectivity index (χ0n) is 9.80. The molecule has 96 valence electrons. The summed E-state index contributed by atoms with van der Waals surface area (Å²) in [6.07, 6.45) is 1.80. The summed E-state index contributed by atoms with van der Waals surface area (Å²) in [5.74, 6) is 1.05. The quantitative estimate of drug-likeness (QED) is 0.909. The van der Waals surface area contributed by atoms with Crippen LogP contribution in [-0.2, 0) is 16.3 Å². The smallest absolute Gasteiger partial charge is 0.150 e. The molecule has 6 heteroatoms. The number of thiazole rings is 1. The Balaban J connectivity index is 1.93. The molecule has 1 fully saturated rings. The molecule has 17 heavy (non-hydrogen) atoms. The maximum Gasteiger partial charge on any atom is 0.150 e. The lowest BCUT2D eigenvalue weighted by Crippen LogP contribution is -2.24. The molecule has 0 saturated carbocycles. The monoisotopic (exact) mass is 275 g/mol.